The van der Waals surface area contributed by atoms with Crippen molar-refractivity contribution in [2.75, 3.05) is 14.2 Å². The molecule has 8 heteroatoms. The molecule has 2 heterocycles. The first-order valence-corrected chi connectivity index (χ1v) is 9.44. The summed E-state index contributed by atoms with van der Waals surface area (Å²) in [6, 6.07) is 13.0. The number of amides is 1. The molecule has 2 aromatic carbocycles. The average Bonchev–Trinajstić information content (AvgIpc) is 3.08. The molecule has 0 saturated heterocycles. The third kappa shape index (κ3) is 3.36. The second-order valence-electron chi connectivity index (χ2n) is 6.89. The van der Waals surface area contributed by atoms with Crippen molar-refractivity contribution in [3.63, 3.8) is 0 Å². The van der Waals surface area contributed by atoms with E-state index >= 15 is 0 Å². The van der Waals surface area contributed by atoms with Crippen molar-refractivity contribution < 1.29 is 14.3 Å². The number of hydrogen-bond donors (Lipinski definition) is 1. The van der Waals surface area contributed by atoms with E-state index < -0.39 is 0 Å². The first kappa shape index (κ1) is 19.5. The molecule has 0 unspecified atom stereocenters. The zero-order valence-corrected chi connectivity index (χ0v) is 17.0. The molecule has 4 aromatic rings. The normalized spacial score (nSPS) is 11.0. The summed E-state index contributed by atoms with van der Waals surface area (Å²) in [5.41, 5.74) is 1.83. The molecule has 0 spiro atoms. The molecule has 0 aliphatic rings. The fourth-order valence-corrected chi connectivity index (χ4v) is 3.62. The van der Waals surface area contributed by atoms with Gasteiger partial charge in [0.15, 0.2) is 0 Å². The molecule has 1 N–H and O–H groups in total. The van der Waals surface area contributed by atoms with Crippen LogP contribution in [0.5, 0.6) is 11.5 Å². The van der Waals surface area contributed by atoms with Crippen LogP contribution in [0.2, 0.25) is 0 Å². The van der Waals surface area contributed by atoms with E-state index in [0.29, 0.717) is 17.0 Å². The van der Waals surface area contributed by atoms with Gasteiger partial charge in [-0.15, -0.1) is 0 Å². The number of hydrogen-bond acceptors (Lipinski definition) is 5. The molecular formula is C22H22N4O4. The number of aryl methyl sites for hydroxylation is 1. The Bertz CT molecular complexity index is 1310. The Morgan fingerprint density at radius 1 is 1.10 bits per heavy atom. The number of carbonyl (C=O) groups is 1. The third-order valence-corrected chi connectivity index (χ3v) is 5.13. The molecule has 0 fully saturated rings. The topological polar surface area (TPSA) is 87.4 Å². The Kier molecular flexibility index (Phi) is 5.14. The van der Waals surface area contributed by atoms with Gasteiger partial charge >= 0.3 is 0 Å². The molecule has 30 heavy (non-hydrogen) atoms. The van der Waals surface area contributed by atoms with E-state index in [2.05, 4.69) is 10.4 Å². The molecule has 0 radical (unpaired) electrons. The molecule has 8 nitrogen and oxygen atoms in total. The molecule has 0 atom stereocenters. The lowest BCUT2D eigenvalue weighted by atomic mass is 10.2. The number of ether oxygens (including phenoxy) is 2. The molecule has 0 bridgehead atoms. The van der Waals surface area contributed by atoms with E-state index in [-0.39, 0.29) is 24.6 Å². The van der Waals surface area contributed by atoms with Crippen LogP contribution in [-0.2, 0) is 24.9 Å². The Hall–Kier alpha value is -3.81. The van der Waals surface area contributed by atoms with Gasteiger partial charge in [0, 0.05) is 35.4 Å². The number of rotatable bonds is 6. The minimum absolute atomic E-state index is 0.00947. The third-order valence-electron chi connectivity index (χ3n) is 5.13. The Morgan fingerprint density at radius 3 is 2.67 bits per heavy atom. The number of nitrogens with one attached hydrogen (secondary N) is 1. The summed E-state index contributed by atoms with van der Waals surface area (Å²) in [5, 5.41) is 8.65. The molecule has 0 aliphatic heterocycles. The van der Waals surface area contributed by atoms with Crippen LogP contribution in [0.25, 0.3) is 21.8 Å². The molecule has 154 valence electrons. The lowest BCUT2D eigenvalue weighted by Crippen LogP contribution is -2.29. The van der Waals surface area contributed by atoms with Gasteiger partial charge in [-0.3, -0.25) is 9.59 Å². The summed E-state index contributed by atoms with van der Waals surface area (Å²) >= 11 is 0. The van der Waals surface area contributed by atoms with Crippen molar-refractivity contribution >= 4 is 27.7 Å². The van der Waals surface area contributed by atoms with Crippen LogP contribution < -0.4 is 20.3 Å². The number of nitrogens with zero attached hydrogens (tertiary/aromatic N) is 3. The van der Waals surface area contributed by atoms with Crippen molar-refractivity contribution in [2.45, 2.75) is 13.1 Å². The van der Waals surface area contributed by atoms with Crippen LogP contribution in [0.3, 0.4) is 0 Å². The highest BCUT2D eigenvalue weighted by Gasteiger charge is 2.17. The van der Waals surface area contributed by atoms with Gasteiger partial charge in [0.2, 0.25) is 5.91 Å². The number of carbonyl (C=O) groups excluding carboxylic acids is 1. The maximum absolute atomic E-state index is 12.8. The van der Waals surface area contributed by atoms with Crippen molar-refractivity contribution in [2.24, 2.45) is 7.05 Å². The predicted octanol–water partition coefficient (Wildman–Crippen LogP) is 2.22. The summed E-state index contributed by atoms with van der Waals surface area (Å²) in [7, 11) is 4.76. The van der Waals surface area contributed by atoms with Crippen molar-refractivity contribution in [3.8, 4) is 11.5 Å². The smallest absolute Gasteiger partial charge is 0.291 e. The SMILES string of the molecule is COc1ccc(OC)c(CNC(=O)Cn2c3ccccc3c3cnn(C)c(=O)c32)c1. The van der Waals surface area contributed by atoms with Gasteiger partial charge in [-0.25, -0.2) is 4.68 Å². The number of fused-ring (bicyclic) bond motifs is 3. The van der Waals surface area contributed by atoms with Gasteiger partial charge in [0.1, 0.15) is 23.6 Å². The van der Waals surface area contributed by atoms with Gasteiger partial charge < -0.3 is 19.4 Å². The van der Waals surface area contributed by atoms with Gasteiger partial charge in [0.25, 0.3) is 5.56 Å². The van der Waals surface area contributed by atoms with Crippen LogP contribution >= 0.6 is 0 Å². The van der Waals surface area contributed by atoms with Crippen LogP contribution in [0.4, 0.5) is 0 Å². The summed E-state index contributed by atoms with van der Waals surface area (Å²) in [5.74, 6) is 1.12. The number of methoxy groups -OCH3 is 2. The lowest BCUT2D eigenvalue weighted by Gasteiger charge is -2.12. The van der Waals surface area contributed by atoms with Gasteiger partial charge in [-0.05, 0) is 24.3 Å². The van der Waals surface area contributed by atoms with E-state index in [4.69, 9.17) is 9.47 Å². The second kappa shape index (κ2) is 7.90. The summed E-state index contributed by atoms with van der Waals surface area (Å²) < 4.78 is 13.6. The monoisotopic (exact) mass is 406 g/mol. The lowest BCUT2D eigenvalue weighted by molar-refractivity contribution is -0.121. The van der Waals surface area contributed by atoms with Crippen LogP contribution in [0.15, 0.2) is 53.5 Å². The number of benzene rings is 2. The highest BCUT2D eigenvalue weighted by molar-refractivity contribution is 6.07. The van der Waals surface area contributed by atoms with Crippen molar-refractivity contribution in [3.05, 3.63) is 64.6 Å². The van der Waals surface area contributed by atoms with Crippen molar-refractivity contribution in [1.82, 2.24) is 19.7 Å². The van der Waals surface area contributed by atoms with Gasteiger partial charge in [0.05, 0.1) is 20.4 Å². The molecule has 0 aliphatic carbocycles. The number of para-hydroxylation sites is 1. The number of aromatic nitrogens is 3. The summed E-state index contributed by atoms with van der Waals surface area (Å²) in [4.78, 5) is 25.5. The first-order valence-electron chi connectivity index (χ1n) is 9.44. The predicted molar refractivity (Wildman–Crippen MR) is 114 cm³/mol. The highest BCUT2D eigenvalue weighted by atomic mass is 16.5. The maximum atomic E-state index is 12.8. The molecule has 0 saturated carbocycles. The molecular weight excluding hydrogens is 384 g/mol. The fourth-order valence-electron chi connectivity index (χ4n) is 3.62. The summed E-state index contributed by atoms with van der Waals surface area (Å²) in [6.07, 6.45) is 1.66. The van der Waals surface area contributed by atoms with Gasteiger partial charge in [-0.1, -0.05) is 18.2 Å². The maximum Gasteiger partial charge on any atom is 0.291 e. The minimum atomic E-state index is -0.244. The van der Waals surface area contributed by atoms with Crippen molar-refractivity contribution in [1.29, 1.82) is 0 Å². The van der Waals surface area contributed by atoms with E-state index in [1.807, 2.05) is 30.3 Å². The first-order chi connectivity index (χ1) is 14.5. The average molecular weight is 406 g/mol. The largest absolute Gasteiger partial charge is 0.497 e. The zero-order chi connectivity index (χ0) is 21.3. The molecule has 2 aromatic heterocycles. The quantitative estimate of drug-likeness (QED) is 0.531. The Balaban J connectivity index is 1.65. The van der Waals surface area contributed by atoms with E-state index in [1.54, 1.807) is 44.2 Å². The molecule has 4 rings (SSSR count). The van der Waals surface area contributed by atoms with Crippen LogP contribution in [0, 0.1) is 0 Å². The fraction of sp³-hybridized carbons (Fsp3) is 0.227. The van der Waals surface area contributed by atoms with E-state index in [1.165, 1.54) is 4.68 Å². The van der Waals surface area contributed by atoms with Crippen LogP contribution in [0.1, 0.15) is 5.56 Å². The zero-order valence-electron chi connectivity index (χ0n) is 17.0. The van der Waals surface area contributed by atoms with Gasteiger partial charge in [-0.2, -0.15) is 5.10 Å². The Morgan fingerprint density at radius 2 is 1.90 bits per heavy atom. The Labute approximate surface area is 172 Å². The van der Waals surface area contributed by atoms with E-state index in [9.17, 15) is 9.59 Å². The molecule has 1 amide bonds. The van der Waals surface area contributed by atoms with Crippen LogP contribution in [-0.4, -0.2) is 34.5 Å². The highest BCUT2D eigenvalue weighted by Crippen LogP contribution is 2.26. The second-order valence-corrected chi connectivity index (χ2v) is 6.89. The minimum Gasteiger partial charge on any atom is -0.497 e. The van der Waals surface area contributed by atoms with E-state index in [0.717, 1.165) is 21.9 Å². The standard InChI is InChI=1S/C22H22N4O4/c1-25-22(28)21-17(12-24-25)16-6-4-5-7-18(16)26(21)13-20(27)23-11-14-10-15(29-2)8-9-19(14)30-3/h4-10,12H,11,13H2,1-3H3,(H,23,27). The summed E-state index contributed by atoms with van der Waals surface area (Å²) in [6.45, 7) is 0.283.